The molecule has 0 aliphatic carbocycles. The Kier molecular flexibility index (Phi) is 4.43. The summed E-state index contributed by atoms with van der Waals surface area (Å²) in [5.41, 5.74) is 0. The van der Waals surface area contributed by atoms with Crippen molar-refractivity contribution in [3.05, 3.63) is 12.2 Å². The summed E-state index contributed by atoms with van der Waals surface area (Å²) >= 11 is 0. The van der Waals surface area contributed by atoms with Crippen LogP contribution in [0, 0.1) is 11.3 Å². The summed E-state index contributed by atoms with van der Waals surface area (Å²) in [4.78, 5) is 19.5. The van der Waals surface area contributed by atoms with E-state index in [9.17, 15) is 4.79 Å². The number of aldehydes is 1. The van der Waals surface area contributed by atoms with Crippen LogP contribution in [0.5, 0.6) is 0 Å². The quantitative estimate of drug-likeness (QED) is 0.298. The van der Waals surface area contributed by atoms with E-state index in [0.29, 0.717) is 6.42 Å². The summed E-state index contributed by atoms with van der Waals surface area (Å²) in [6.07, 6.45) is 5.65. The predicted molar refractivity (Wildman–Crippen MR) is 50.1 cm³/mol. The van der Waals surface area contributed by atoms with Gasteiger partial charge in [0.25, 0.3) is 5.79 Å². The first-order chi connectivity index (χ1) is 7.20. The van der Waals surface area contributed by atoms with Crippen molar-refractivity contribution in [2.24, 2.45) is 0 Å². The fourth-order valence-electron chi connectivity index (χ4n) is 1.14. The molecule has 0 aromatic heterocycles. The van der Waals surface area contributed by atoms with Crippen LogP contribution in [0.1, 0.15) is 26.2 Å². The zero-order chi connectivity index (χ0) is 11.1. The fourth-order valence-corrected chi connectivity index (χ4v) is 1.14. The molecule has 0 aromatic carbocycles. The first-order valence-electron chi connectivity index (χ1n) is 4.74. The molecule has 0 N–H and O–H groups in total. The first kappa shape index (κ1) is 11.9. The molecular weight excluding hydrogens is 198 g/mol. The lowest BCUT2D eigenvalue weighted by atomic mass is 10.2. The minimum Gasteiger partial charge on any atom is -0.303 e. The highest BCUT2D eigenvalue weighted by Gasteiger charge is 2.39. The molecule has 1 aliphatic rings. The third-order valence-electron chi connectivity index (χ3n) is 1.90. The van der Waals surface area contributed by atoms with Gasteiger partial charge < -0.3 is 4.74 Å². The monoisotopic (exact) mass is 211 g/mol. The maximum absolute atomic E-state index is 9.96. The Labute approximate surface area is 88.2 Å². The molecule has 1 fully saturated rings. The Bertz CT molecular complexity index is 284. The number of allylic oxidation sites excluding steroid dienone is 2. The topological polar surface area (TPSA) is 68.5 Å². The second kappa shape index (κ2) is 5.61. The third-order valence-corrected chi connectivity index (χ3v) is 1.90. The van der Waals surface area contributed by atoms with Crippen molar-refractivity contribution in [3.63, 3.8) is 0 Å². The molecule has 2 atom stereocenters. The Morgan fingerprint density at radius 2 is 2.40 bits per heavy atom. The van der Waals surface area contributed by atoms with E-state index in [4.69, 9.17) is 19.8 Å². The molecule has 0 amide bonds. The van der Waals surface area contributed by atoms with Crippen LogP contribution in [0.15, 0.2) is 12.2 Å². The van der Waals surface area contributed by atoms with E-state index in [2.05, 4.69) is 0 Å². The smallest absolute Gasteiger partial charge is 0.288 e. The van der Waals surface area contributed by atoms with E-state index in [-0.39, 0.29) is 0 Å². The van der Waals surface area contributed by atoms with Gasteiger partial charge in [0, 0.05) is 13.3 Å². The van der Waals surface area contributed by atoms with Crippen molar-refractivity contribution in [1.82, 2.24) is 0 Å². The lowest BCUT2D eigenvalue weighted by Crippen LogP contribution is -2.23. The number of rotatable bonds is 5. The molecule has 5 nitrogen and oxygen atoms in total. The summed E-state index contributed by atoms with van der Waals surface area (Å²) in [5.74, 6) is -1.29. The van der Waals surface area contributed by atoms with Gasteiger partial charge in [0.05, 0.1) is 0 Å². The van der Waals surface area contributed by atoms with E-state index < -0.39 is 12.1 Å². The van der Waals surface area contributed by atoms with Crippen molar-refractivity contribution >= 4 is 6.29 Å². The second-order valence-electron chi connectivity index (χ2n) is 3.28. The molecule has 0 spiro atoms. The van der Waals surface area contributed by atoms with Crippen molar-refractivity contribution in [2.75, 3.05) is 0 Å². The molecule has 5 heteroatoms. The average molecular weight is 211 g/mol. The average Bonchev–Trinajstić information content (AvgIpc) is 2.61. The lowest BCUT2D eigenvalue weighted by molar-refractivity contribution is -0.311. The summed E-state index contributed by atoms with van der Waals surface area (Å²) in [5, 5.41) is 8.65. The van der Waals surface area contributed by atoms with E-state index in [1.165, 1.54) is 13.0 Å². The second-order valence-corrected chi connectivity index (χ2v) is 3.28. The SMILES string of the molecule is CC1(C#N)OOC(CCC/C=C/C=O)O1. The van der Waals surface area contributed by atoms with Gasteiger partial charge in [-0.25, -0.2) is 4.89 Å². The van der Waals surface area contributed by atoms with Crippen LogP contribution in [-0.2, 0) is 19.3 Å². The van der Waals surface area contributed by atoms with Gasteiger partial charge in [0.2, 0.25) is 0 Å². The standard InChI is InChI=1S/C10H13NO4/c1-10(8-11)13-9(14-15-10)6-4-2-3-5-7-12/h3,5,7,9H,2,4,6H2,1H3/b5-3+. The highest BCUT2D eigenvalue weighted by atomic mass is 17.3. The summed E-state index contributed by atoms with van der Waals surface area (Å²) in [6, 6.07) is 1.85. The normalized spacial score (nSPS) is 30.5. The Hall–Kier alpha value is -1.22. The summed E-state index contributed by atoms with van der Waals surface area (Å²) in [7, 11) is 0. The Morgan fingerprint density at radius 1 is 1.60 bits per heavy atom. The van der Waals surface area contributed by atoms with Crippen molar-refractivity contribution in [1.29, 1.82) is 5.26 Å². The number of ether oxygens (including phenoxy) is 1. The Morgan fingerprint density at radius 3 is 3.00 bits per heavy atom. The minimum atomic E-state index is -1.29. The van der Waals surface area contributed by atoms with Crippen molar-refractivity contribution in [3.8, 4) is 6.07 Å². The predicted octanol–water partition coefficient (Wildman–Crippen LogP) is 1.46. The van der Waals surface area contributed by atoms with Gasteiger partial charge in [-0.3, -0.25) is 4.79 Å². The molecule has 1 rings (SSSR count). The molecule has 1 heterocycles. The van der Waals surface area contributed by atoms with Gasteiger partial charge >= 0.3 is 0 Å². The van der Waals surface area contributed by atoms with Gasteiger partial charge in [-0.1, -0.05) is 6.08 Å². The van der Waals surface area contributed by atoms with Crippen molar-refractivity contribution < 1.29 is 19.3 Å². The van der Waals surface area contributed by atoms with Gasteiger partial charge in [-0.2, -0.15) is 10.1 Å². The van der Waals surface area contributed by atoms with E-state index >= 15 is 0 Å². The first-order valence-corrected chi connectivity index (χ1v) is 4.74. The molecule has 1 aliphatic heterocycles. The molecule has 82 valence electrons. The van der Waals surface area contributed by atoms with Gasteiger partial charge in [-0.05, 0) is 18.9 Å². The maximum atomic E-state index is 9.96. The van der Waals surface area contributed by atoms with Crippen LogP contribution in [0.3, 0.4) is 0 Å². The maximum Gasteiger partial charge on any atom is 0.288 e. The van der Waals surface area contributed by atoms with Crippen molar-refractivity contribution in [2.45, 2.75) is 38.3 Å². The van der Waals surface area contributed by atoms with Crippen LogP contribution < -0.4 is 0 Å². The lowest BCUT2D eigenvalue weighted by Gasteiger charge is -2.09. The Balaban J connectivity index is 2.17. The van der Waals surface area contributed by atoms with E-state index in [0.717, 1.165) is 19.1 Å². The number of nitrogens with zero attached hydrogens (tertiary/aromatic N) is 1. The molecule has 0 saturated carbocycles. The van der Waals surface area contributed by atoms with Gasteiger partial charge in [-0.15, -0.1) is 0 Å². The summed E-state index contributed by atoms with van der Waals surface area (Å²) in [6.45, 7) is 1.50. The van der Waals surface area contributed by atoms with Crippen LogP contribution >= 0.6 is 0 Å². The van der Waals surface area contributed by atoms with Crippen LogP contribution in [0.25, 0.3) is 0 Å². The van der Waals surface area contributed by atoms with Crippen LogP contribution in [0.4, 0.5) is 0 Å². The molecule has 0 bridgehead atoms. The number of unbranched alkanes of at least 4 members (excludes halogenated alkanes) is 1. The molecule has 1 saturated heterocycles. The highest BCUT2D eigenvalue weighted by molar-refractivity contribution is 5.64. The number of nitriles is 1. The van der Waals surface area contributed by atoms with Crippen LogP contribution in [0.2, 0.25) is 0 Å². The molecule has 0 radical (unpaired) electrons. The van der Waals surface area contributed by atoms with E-state index in [1.807, 2.05) is 6.07 Å². The number of hydrogen-bond acceptors (Lipinski definition) is 5. The summed E-state index contributed by atoms with van der Waals surface area (Å²) < 4.78 is 5.21. The highest BCUT2D eigenvalue weighted by Crippen LogP contribution is 2.26. The fraction of sp³-hybridized carbons (Fsp3) is 0.600. The molecular formula is C10H13NO4. The van der Waals surface area contributed by atoms with E-state index in [1.54, 1.807) is 6.08 Å². The molecule has 0 aromatic rings. The molecule has 15 heavy (non-hydrogen) atoms. The number of carbonyl (C=O) groups excluding carboxylic acids is 1. The van der Waals surface area contributed by atoms with Gasteiger partial charge in [0.15, 0.2) is 6.29 Å². The van der Waals surface area contributed by atoms with Crippen LogP contribution in [-0.4, -0.2) is 18.4 Å². The zero-order valence-electron chi connectivity index (χ0n) is 8.51. The number of carbonyl (C=O) groups is 1. The molecule has 2 unspecified atom stereocenters. The third kappa shape index (κ3) is 3.80. The number of hydrogen-bond donors (Lipinski definition) is 0. The minimum absolute atomic E-state index is 0.501. The largest absolute Gasteiger partial charge is 0.303 e. The zero-order valence-corrected chi connectivity index (χ0v) is 8.51. The van der Waals surface area contributed by atoms with Gasteiger partial charge in [0.1, 0.15) is 12.4 Å².